The summed E-state index contributed by atoms with van der Waals surface area (Å²) in [5.74, 6) is 1.07. The second-order valence-corrected chi connectivity index (χ2v) is 5.77. The summed E-state index contributed by atoms with van der Waals surface area (Å²) < 4.78 is 0. The molecule has 0 aromatic heterocycles. The minimum Gasteiger partial charge on any atom is -0.280 e. The molecular formula is C17H17NS. The predicted octanol–water partition coefficient (Wildman–Crippen LogP) is 4.41. The second kappa shape index (κ2) is 5.62. The number of hydrogen-bond acceptors (Lipinski definition) is 2. The maximum absolute atomic E-state index is 5.00. The molecule has 0 N–H and O–H groups in total. The van der Waals surface area contributed by atoms with Gasteiger partial charge in [-0.2, -0.15) is 0 Å². The lowest BCUT2D eigenvalue weighted by Crippen LogP contribution is -2.10. The summed E-state index contributed by atoms with van der Waals surface area (Å²) in [6.45, 7) is 2.22. The molecule has 2 aromatic rings. The van der Waals surface area contributed by atoms with Crippen molar-refractivity contribution in [3.63, 3.8) is 0 Å². The van der Waals surface area contributed by atoms with Gasteiger partial charge in [-0.05, 0) is 12.5 Å². The van der Waals surface area contributed by atoms with Crippen LogP contribution < -0.4 is 0 Å². The van der Waals surface area contributed by atoms with Crippen molar-refractivity contribution in [1.82, 2.24) is 0 Å². The Hall–Kier alpha value is -1.54. The molecule has 1 aliphatic heterocycles. The Balaban J connectivity index is 2.14. The first-order chi connectivity index (χ1) is 9.38. The van der Waals surface area contributed by atoms with Gasteiger partial charge in [0.1, 0.15) is 0 Å². The van der Waals surface area contributed by atoms with E-state index in [0.717, 1.165) is 17.9 Å². The van der Waals surface area contributed by atoms with Crippen LogP contribution >= 0.6 is 11.8 Å². The standard InChI is InChI=1S/C17H17NS/c1-2-14-12-19-16-11-7-6-10-15(16)17(18-14)13-8-4-3-5-9-13/h3-11,14H,2,12H2,1H3. The molecule has 1 atom stereocenters. The number of benzene rings is 2. The van der Waals surface area contributed by atoms with Crippen LogP contribution in [-0.2, 0) is 0 Å². The fourth-order valence-corrected chi connectivity index (χ4v) is 3.48. The Morgan fingerprint density at radius 2 is 1.79 bits per heavy atom. The predicted molar refractivity (Wildman–Crippen MR) is 83.3 cm³/mol. The summed E-state index contributed by atoms with van der Waals surface area (Å²) in [6.07, 6.45) is 1.09. The number of aliphatic imine (C=N–C) groups is 1. The summed E-state index contributed by atoms with van der Waals surface area (Å²) in [7, 11) is 0. The number of rotatable bonds is 2. The van der Waals surface area contributed by atoms with E-state index < -0.39 is 0 Å². The van der Waals surface area contributed by atoms with Gasteiger partial charge >= 0.3 is 0 Å². The van der Waals surface area contributed by atoms with Gasteiger partial charge in [-0.3, -0.25) is 4.99 Å². The van der Waals surface area contributed by atoms with E-state index >= 15 is 0 Å². The monoisotopic (exact) mass is 267 g/mol. The van der Waals surface area contributed by atoms with Crippen molar-refractivity contribution >= 4 is 17.5 Å². The maximum atomic E-state index is 5.00. The van der Waals surface area contributed by atoms with E-state index in [-0.39, 0.29) is 0 Å². The zero-order chi connectivity index (χ0) is 13.1. The van der Waals surface area contributed by atoms with E-state index in [0.29, 0.717) is 6.04 Å². The molecule has 96 valence electrons. The van der Waals surface area contributed by atoms with Gasteiger partial charge in [0.25, 0.3) is 0 Å². The molecule has 0 saturated carbocycles. The van der Waals surface area contributed by atoms with E-state index in [4.69, 9.17) is 4.99 Å². The summed E-state index contributed by atoms with van der Waals surface area (Å²) >= 11 is 1.93. The number of thioether (sulfide) groups is 1. The molecule has 19 heavy (non-hydrogen) atoms. The minimum atomic E-state index is 0.410. The Kier molecular flexibility index (Phi) is 3.69. The first kappa shape index (κ1) is 12.5. The van der Waals surface area contributed by atoms with E-state index in [1.54, 1.807) is 0 Å². The van der Waals surface area contributed by atoms with Crippen LogP contribution in [0.3, 0.4) is 0 Å². The van der Waals surface area contributed by atoms with E-state index in [9.17, 15) is 0 Å². The van der Waals surface area contributed by atoms with Crippen molar-refractivity contribution in [1.29, 1.82) is 0 Å². The van der Waals surface area contributed by atoms with Crippen LogP contribution in [0.2, 0.25) is 0 Å². The van der Waals surface area contributed by atoms with Gasteiger partial charge in [0.15, 0.2) is 0 Å². The van der Waals surface area contributed by atoms with Gasteiger partial charge in [0, 0.05) is 21.8 Å². The summed E-state index contributed by atoms with van der Waals surface area (Å²) in [5, 5.41) is 0. The Morgan fingerprint density at radius 3 is 2.58 bits per heavy atom. The van der Waals surface area contributed by atoms with Crippen LogP contribution in [0.25, 0.3) is 0 Å². The number of nitrogens with zero attached hydrogens (tertiary/aromatic N) is 1. The SMILES string of the molecule is CCC1CSc2ccccc2C(c2ccccc2)=N1. The summed E-state index contributed by atoms with van der Waals surface area (Å²) in [4.78, 5) is 6.35. The van der Waals surface area contributed by atoms with Crippen molar-refractivity contribution < 1.29 is 0 Å². The lowest BCUT2D eigenvalue weighted by Gasteiger charge is -2.10. The highest BCUT2D eigenvalue weighted by molar-refractivity contribution is 7.99. The highest BCUT2D eigenvalue weighted by Crippen LogP contribution is 2.30. The zero-order valence-corrected chi connectivity index (χ0v) is 11.9. The quantitative estimate of drug-likeness (QED) is 0.785. The fourth-order valence-electron chi connectivity index (χ4n) is 2.30. The highest BCUT2D eigenvalue weighted by Gasteiger charge is 2.18. The molecule has 0 amide bonds. The van der Waals surface area contributed by atoms with Crippen molar-refractivity contribution in [2.24, 2.45) is 4.99 Å². The molecule has 0 fully saturated rings. The molecular weight excluding hydrogens is 250 g/mol. The first-order valence-corrected chi connectivity index (χ1v) is 7.72. The van der Waals surface area contributed by atoms with Gasteiger partial charge in [-0.1, -0.05) is 55.5 Å². The normalized spacial score (nSPS) is 18.4. The molecule has 1 heterocycles. The minimum absolute atomic E-state index is 0.410. The summed E-state index contributed by atoms with van der Waals surface area (Å²) in [5.41, 5.74) is 3.64. The molecule has 1 nitrogen and oxygen atoms in total. The Labute approximate surface area is 118 Å². The van der Waals surface area contributed by atoms with Gasteiger partial charge in [0.2, 0.25) is 0 Å². The molecule has 0 spiro atoms. The molecule has 0 aliphatic carbocycles. The van der Waals surface area contributed by atoms with Crippen LogP contribution in [0.1, 0.15) is 24.5 Å². The van der Waals surface area contributed by atoms with E-state index in [1.165, 1.54) is 16.0 Å². The maximum Gasteiger partial charge on any atom is 0.0733 e. The third-order valence-electron chi connectivity index (χ3n) is 3.40. The number of fused-ring (bicyclic) bond motifs is 1. The van der Waals surface area contributed by atoms with Crippen LogP contribution in [0.4, 0.5) is 0 Å². The average molecular weight is 267 g/mol. The average Bonchev–Trinajstić information content (AvgIpc) is 2.68. The van der Waals surface area contributed by atoms with Crippen molar-refractivity contribution in [3.05, 3.63) is 65.7 Å². The first-order valence-electron chi connectivity index (χ1n) is 6.74. The van der Waals surface area contributed by atoms with Crippen LogP contribution in [0.15, 0.2) is 64.5 Å². The second-order valence-electron chi connectivity index (χ2n) is 4.71. The van der Waals surface area contributed by atoms with Crippen LogP contribution in [0.5, 0.6) is 0 Å². The van der Waals surface area contributed by atoms with Crippen molar-refractivity contribution in [3.8, 4) is 0 Å². The number of hydrogen-bond donors (Lipinski definition) is 0. The van der Waals surface area contributed by atoms with Gasteiger partial charge in [0.05, 0.1) is 11.8 Å². The third kappa shape index (κ3) is 2.59. The van der Waals surface area contributed by atoms with E-state index in [2.05, 4.69) is 61.5 Å². The molecule has 2 aromatic carbocycles. The highest BCUT2D eigenvalue weighted by atomic mass is 32.2. The van der Waals surface area contributed by atoms with Crippen molar-refractivity contribution in [2.75, 3.05) is 5.75 Å². The topological polar surface area (TPSA) is 12.4 Å². The summed E-state index contributed by atoms with van der Waals surface area (Å²) in [6, 6.07) is 19.5. The molecule has 0 bridgehead atoms. The van der Waals surface area contributed by atoms with Crippen LogP contribution in [-0.4, -0.2) is 17.5 Å². The molecule has 3 rings (SSSR count). The lowest BCUT2D eigenvalue weighted by atomic mass is 10.0. The largest absolute Gasteiger partial charge is 0.280 e. The van der Waals surface area contributed by atoms with Gasteiger partial charge in [-0.15, -0.1) is 11.8 Å². The smallest absolute Gasteiger partial charge is 0.0733 e. The molecule has 0 saturated heterocycles. The molecule has 2 heteroatoms. The Bertz CT molecular complexity index is 589. The Morgan fingerprint density at radius 1 is 1.05 bits per heavy atom. The van der Waals surface area contributed by atoms with Crippen LogP contribution in [0, 0.1) is 0 Å². The molecule has 1 unspecified atom stereocenters. The van der Waals surface area contributed by atoms with Gasteiger partial charge in [-0.25, -0.2) is 0 Å². The fraction of sp³-hybridized carbons (Fsp3) is 0.235. The van der Waals surface area contributed by atoms with Crippen molar-refractivity contribution in [2.45, 2.75) is 24.3 Å². The van der Waals surface area contributed by atoms with Gasteiger partial charge < -0.3 is 0 Å². The molecule has 1 aliphatic rings. The third-order valence-corrected chi connectivity index (χ3v) is 4.62. The van der Waals surface area contributed by atoms with E-state index in [1.807, 2.05) is 11.8 Å². The molecule has 0 radical (unpaired) electrons. The zero-order valence-electron chi connectivity index (χ0n) is 11.0. The lowest BCUT2D eigenvalue weighted by molar-refractivity contribution is 0.729.